The van der Waals surface area contributed by atoms with E-state index in [0.29, 0.717) is 11.4 Å². The Morgan fingerprint density at radius 1 is 1.33 bits per heavy atom. The summed E-state index contributed by atoms with van der Waals surface area (Å²) in [7, 11) is 0. The second kappa shape index (κ2) is 5.25. The van der Waals surface area contributed by atoms with Crippen molar-refractivity contribution in [3.05, 3.63) is 59.4 Å². The van der Waals surface area contributed by atoms with Crippen LogP contribution in [0.25, 0.3) is 0 Å². The number of fused-ring (bicyclic) bond motifs is 1. The zero-order chi connectivity index (χ0) is 14.8. The number of hydrogen-bond donors (Lipinski definition) is 1. The number of carbonyl (C=O) groups excluding carboxylic acids is 1. The van der Waals surface area contributed by atoms with Crippen molar-refractivity contribution in [3.63, 3.8) is 0 Å². The molecule has 1 heterocycles. The van der Waals surface area contributed by atoms with Crippen LogP contribution in [0.15, 0.2) is 42.5 Å². The molecule has 1 aliphatic heterocycles. The summed E-state index contributed by atoms with van der Waals surface area (Å²) in [5.41, 5.74) is 1.12. The first-order valence-electron chi connectivity index (χ1n) is 6.41. The Kier molecular flexibility index (Phi) is 3.28. The van der Waals surface area contributed by atoms with E-state index < -0.39 is 11.7 Å². The van der Waals surface area contributed by atoms with Gasteiger partial charge in [0.1, 0.15) is 30.2 Å². The standard InChI is InChI=1S/C16H11FN2O2/c17-14-6-5-11(7-10(14)8-18)19-16(20)13-9-21-15-4-2-1-3-12(13)15/h1-7,13H,9H2,(H,19,20). The molecule has 0 aliphatic carbocycles. The number of nitriles is 1. The number of nitrogens with zero attached hydrogens (tertiary/aromatic N) is 1. The SMILES string of the molecule is N#Cc1cc(NC(=O)C2COc3ccccc32)ccc1F. The highest BCUT2D eigenvalue weighted by molar-refractivity contribution is 5.97. The van der Waals surface area contributed by atoms with Crippen molar-refractivity contribution >= 4 is 11.6 Å². The van der Waals surface area contributed by atoms with Crippen molar-refractivity contribution in [2.45, 2.75) is 5.92 Å². The van der Waals surface area contributed by atoms with Crippen LogP contribution in [0.5, 0.6) is 5.75 Å². The van der Waals surface area contributed by atoms with Crippen LogP contribution in [0.1, 0.15) is 17.0 Å². The summed E-state index contributed by atoms with van der Waals surface area (Å²) in [6.45, 7) is 0.275. The van der Waals surface area contributed by atoms with E-state index in [1.54, 1.807) is 6.07 Å². The fourth-order valence-corrected chi connectivity index (χ4v) is 2.30. The molecule has 3 rings (SSSR count). The summed E-state index contributed by atoms with van der Waals surface area (Å²) in [5, 5.41) is 11.5. The summed E-state index contributed by atoms with van der Waals surface area (Å²) in [6, 6.07) is 13.0. The smallest absolute Gasteiger partial charge is 0.235 e. The van der Waals surface area contributed by atoms with Crippen LogP contribution in [0.4, 0.5) is 10.1 Å². The molecular formula is C16H11FN2O2. The molecule has 1 aliphatic rings. The lowest BCUT2D eigenvalue weighted by Crippen LogP contribution is -2.22. The molecule has 0 fully saturated rings. The minimum Gasteiger partial charge on any atom is -0.492 e. The van der Waals surface area contributed by atoms with Crippen molar-refractivity contribution in [1.82, 2.24) is 0 Å². The maximum absolute atomic E-state index is 13.3. The highest BCUT2D eigenvalue weighted by Gasteiger charge is 2.30. The molecule has 0 spiro atoms. The van der Waals surface area contributed by atoms with Gasteiger partial charge in [-0.1, -0.05) is 18.2 Å². The van der Waals surface area contributed by atoms with Crippen LogP contribution >= 0.6 is 0 Å². The lowest BCUT2D eigenvalue weighted by molar-refractivity contribution is -0.117. The van der Waals surface area contributed by atoms with Crippen molar-refractivity contribution < 1.29 is 13.9 Å². The third kappa shape index (κ3) is 2.43. The van der Waals surface area contributed by atoms with Crippen LogP contribution < -0.4 is 10.1 Å². The Morgan fingerprint density at radius 2 is 2.14 bits per heavy atom. The van der Waals surface area contributed by atoms with Gasteiger partial charge in [-0.2, -0.15) is 5.26 Å². The van der Waals surface area contributed by atoms with E-state index in [1.165, 1.54) is 12.1 Å². The average molecular weight is 282 g/mol. The number of benzene rings is 2. The van der Waals surface area contributed by atoms with Crippen LogP contribution in [0.3, 0.4) is 0 Å². The number of amides is 1. The minimum absolute atomic E-state index is 0.101. The number of carbonyl (C=O) groups is 1. The minimum atomic E-state index is -0.606. The van der Waals surface area contributed by atoms with E-state index >= 15 is 0 Å². The first kappa shape index (κ1) is 13.1. The van der Waals surface area contributed by atoms with Crippen molar-refractivity contribution in [3.8, 4) is 11.8 Å². The Morgan fingerprint density at radius 3 is 2.95 bits per heavy atom. The maximum atomic E-state index is 13.3. The lowest BCUT2D eigenvalue weighted by Gasteiger charge is -2.10. The van der Waals surface area contributed by atoms with Gasteiger partial charge in [-0.05, 0) is 24.3 Å². The number of anilines is 1. The molecule has 4 nitrogen and oxygen atoms in total. The molecule has 0 saturated carbocycles. The van der Waals surface area contributed by atoms with Gasteiger partial charge in [0.2, 0.25) is 5.91 Å². The first-order valence-corrected chi connectivity index (χ1v) is 6.41. The van der Waals surface area contributed by atoms with Crippen molar-refractivity contribution in [2.24, 2.45) is 0 Å². The Bertz CT molecular complexity index is 752. The fourth-order valence-electron chi connectivity index (χ4n) is 2.30. The molecule has 21 heavy (non-hydrogen) atoms. The molecule has 5 heteroatoms. The molecular weight excluding hydrogens is 271 g/mol. The number of ether oxygens (including phenoxy) is 1. The molecule has 0 bridgehead atoms. The molecule has 104 valence electrons. The van der Waals surface area contributed by atoms with Gasteiger partial charge in [-0.3, -0.25) is 4.79 Å². The zero-order valence-electron chi connectivity index (χ0n) is 11.0. The van der Waals surface area contributed by atoms with E-state index in [1.807, 2.05) is 24.3 Å². The number of rotatable bonds is 2. The predicted octanol–water partition coefficient (Wildman–Crippen LogP) is 2.81. The second-order valence-corrected chi connectivity index (χ2v) is 4.70. The molecule has 2 aromatic rings. The van der Waals surface area contributed by atoms with Gasteiger partial charge in [0.15, 0.2) is 0 Å². The molecule has 1 atom stereocenters. The van der Waals surface area contributed by atoms with Gasteiger partial charge in [0, 0.05) is 11.3 Å². The molecule has 1 unspecified atom stereocenters. The number of nitrogens with one attached hydrogen (secondary N) is 1. The monoisotopic (exact) mass is 282 g/mol. The van der Waals surface area contributed by atoms with E-state index in [4.69, 9.17) is 10.00 Å². The fraction of sp³-hybridized carbons (Fsp3) is 0.125. The summed E-state index contributed by atoms with van der Waals surface area (Å²) < 4.78 is 18.7. The number of halogens is 1. The third-order valence-electron chi connectivity index (χ3n) is 3.37. The summed E-state index contributed by atoms with van der Waals surface area (Å²) >= 11 is 0. The van der Waals surface area contributed by atoms with Crippen LogP contribution in [-0.2, 0) is 4.79 Å². The summed E-state index contributed by atoms with van der Waals surface area (Å²) in [5.74, 6) is -0.549. The summed E-state index contributed by atoms with van der Waals surface area (Å²) in [4.78, 5) is 12.3. The van der Waals surface area contributed by atoms with Gasteiger partial charge in [-0.15, -0.1) is 0 Å². The number of para-hydroxylation sites is 1. The van der Waals surface area contributed by atoms with E-state index in [-0.39, 0.29) is 18.1 Å². The summed E-state index contributed by atoms with van der Waals surface area (Å²) in [6.07, 6.45) is 0. The highest BCUT2D eigenvalue weighted by atomic mass is 19.1. The topological polar surface area (TPSA) is 62.1 Å². The Balaban J connectivity index is 1.81. The van der Waals surface area contributed by atoms with Gasteiger partial charge in [0.25, 0.3) is 0 Å². The molecule has 1 N–H and O–H groups in total. The Hall–Kier alpha value is -2.87. The van der Waals surface area contributed by atoms with Gasteiger partial charge in [0.05, 0.1) is 5.56 Å². The van der Waals surface area contributed by atoms with Crippen molar-refractivity contribution in [2.75, 3.05) is 11.9 Å². The highest BCUT2D eigenvalue weighted by Crippen LogP contribution is 2.34. The maximum Gasteiger partial charge on any atom is 0.235 e. The molecule has 0 saturated heterocycles. The van der Waals surface area contributed by atoms with E-state index in [9.17, 15) is 9.18 Å². The Labute approximate surface area is 120 Å². The van der Waals surface area contributed by atoms with Crippen LogP contribution in [0.2, 0.25) is 0 Å². The normalized spacial score (nSPS) is 15.7. The third-order valence-corrected chi connectivity index (χ3v) is 3.37. The van der Waals surface area contributed by atoms with Crippen LogP contribution in [0, 0.1) is 17.1 Å². The van der Waals surface area contributed by atoms with Gasteiger partial charge >= 0.3 is 0 Å². The first-order chi connectivity index (χ1) is 10.2. The largest absolute Gasteiger partial charge is 0.492 e. The van der Waals surface area contributed by atoms with Gasteiger partial charge < -0.3 is 10.1 Å². The molecule has 2 aromatic carbocycles. The average Bonchev–Trinajstić information content (AvgIpc) is 2.93. The molecule has 1 amide bonds. The van der Waals surface area contributed by atoms with Crippen molar-refractivity contribution in [1.29, 1.82) is 5.26 Å². The second-order valence-electron chi connectivity index (χ2n) is 4.70. The van der Waals surface area contributed by atoms with E-state index in [2.05, 4.69) is 5.32 Å². The lowest BCUT2D eigenvalue weighted by atomic mass is 10.0. The van der Waals surface area contributed by atoms with Gasteiger partial charge in [-0.25, -0.2) is 4.39 Å². The number of hydrogen-bond acceptors (Lipinski definition) is 3. The quantitative estimate of drug-likeness (QED) is 0.921. The van der Waals surface area contributed by atoms with E-state index in [0.717, 1.165) is 11.6 Å². The zero-order valence-corrected chi connectivity index (χ0v) is 11.0. The van der Waals surface area contributed by atoms with Crippen LogP contribution in [-0.4, -0.2) is 12.5 Å². The molecule has 0 aromatic heterocycles. The molecule has 0 radical (unpaired) electrons. The predicted molar refractivity (Wildman–Crippen MR) is 74.4 cm³/mol.